The van der Waals surface area contributed by atoms with Crippen molar-refractivity contribution < 1.29 is 29.2 Å². The summed E-state index contributed by atoms with van der Waals surface area (Å²) in [6.45, 7) is 6.44. The van der Waals surface area contributed by atoms with Crippen LogP contribution >= 0.6 is 0 Å². The van der Waals surface area contributed by atoms with Gasteiger partial charge in [-0.1, -0.05) is 13.8 Å². The molecule has 2 aromatic heterocycles. The Bertz CT molecular complexity index is 1580. The van der Waals surface area contributed by atoms with Gasteiger partial charge in [-0.3, -0.25) is 9.69 Å². The number of aliphatic hydroxyl groups excluding tert-OH is 3. The van der Waals surface area contributed by atoms with Crippen molar-refractivity contribution in [1.82, 2.24) is 19.5 Å². The topological polar surface area (TPSA) is 180 Å². The summed E-state index contributed by atoms with van der Waals surface area (Å²) < 4.78 is 21.1. The third-order valence-corrected chi connectivity index (χ3v) is 7.27. The normalized spacial score (nSPS) is 15.6. The molecule has 4 heterocycles. The Morgan fingerprint density at radius 1 is 1.19 bits per heavy atom. The minimum absolute atomic E-state index is 0.0919. The van der Waals surface area contributed by atoms with Gasteiger partial charge in [0.2, 0.25) is 0 Å². The lowest BCUT2D eigenvalue weighted by Crippen LogP contribution is -2.35. The molecular weight excluding hydrogens is 547 g/mol. The van der Waals surface area contributed by atoms with Crippen molar-refractivity contribution in [2.24, 2.45) is 11.6 Å². The zero-order chi connectivity index (χ0) is 30.7. The lowest BCUT2D eigenvalue weighted by Gasteiger charge is -2.23. The monoisotopic (exact) mass is 584 g/mol. The molecule has 12 nitrogen and oxygen atoms in total. The molecule has 42 heavy (non-hydrogen) atoms. The van der Waals surface area contributed by atoms with E-state index in [0.717, 1.165) is 0 Å². The van der Waals surface area contributed by atoms with Gasteiger partial charge in [0, 0.05) is 54.1 Å². The van der Waals surface area contributed by atoms with Crippen molar-refractivity contribution in [3.8, 4) is 11.4 Å². The number of aliphatic hydroxyl groups is 3. The maximum atomic E-state index is 14.6. The Kier molecular flexibility index (Phi) is 9.59. The Hall–Kier alpha value is -3.88. The molecule has 0 bridgehead atoms. The number of halogens is 1. The van der Waals surface area contributed by atoms with Crippen molar-refractivity contribution in [3.63, 3.8) is 0 Å². The third kappa shape index (κ3) is 5.87. The number of hydrogen-bond donors (Lipinski definition) is 5. The van der Waals surface area contributed by atoms with Crippen LogP contribution in [0, 0.1) is 12.7 Å². The zero-order valence-electron chi connectivity index (χ0n) is 23.9. The van der Waals surface area contributed by atoms with Crippen LogP contribution in [0.1, 0.15) is 47.8 Å². The van der Waals surface area contributed by atoms with Gasteiger partial charge in [0.25, 0.3) is 5.56 Å². The molecule has 0 saturated carbocycles. The number of aryl methyl sites for hydroxylation is 1. The van der Waals surface area contributed by atoms with Crippen LogP contribution in [0.5, 0.6) is 0 Å². The summed E-state index contributed by atoms with van der Waals surface area (Å²) in [5.74, 6) is 5.09. The van der Waals surface area contributed by atoms with Crippen LogP contribution in [0.3, 0.4) is 0 Å². The predicted molar refractivity (Wildman–Crippen MR) is 154 cm³/mol. The van der Waals surface area contributed by atoms with Gasteiger partial charge in [-0.2, -0.15) is 0 Å². The second-order valence-corrected chi connectivity index (χ2v) is 10.0. The van der Waals surface area contributed by atoms with Crippen molar-refractivity contribution >= 4 is 16.9 Å². The average molecular weight is 585 g/mol. The third-order valence-electron chi connectivity index (χ3n) is 7.27. The molecule has 1 aromatic carbocycles. The van der Waals surface area contributed by atoms with E-state index in [0.29, 0.717) is 57.8 Å². The molecule has 5 rings (SSSR count). The van der Waals surface area contributed by atoms with Gasteiger partial charge >= 0.3 is 5.97 Å². The first kappa shape index (κ1) is 31.1. The van der Waals surface area contributed by atoms with E-state index in [1.165, 1.54) is 15.6 Å². The predicted octanol–water partition coefficient (Wildman–Crippen LogP) is 0.752. The summed E-state index contributed by atoms with van der Waals surface area (Å²) in [5.41, 5.74) is 9.58. The first-order chi connectivity index (χ1) is 20.1. The van der Waals surface area contributed by atoms with E-state index in [2.05, 4.69) is 0 Å². The van der Waals surface area contributed by atoms with Crippen molar-refractivity contribution in [1.29, 1.82) is 0 Å². The molecule has 2 aliphatic heterocycles. The Morgan fingerprint density at radius 2 is 1.88 bits per heavy atom. The maximum Gasteiger partial charge on any atom is 0.340 e. The molecule has 13 heteroatoms. The number of rotatable bonds is 9. The summed E-state index contributed by atoms with van der Waals surface area (Å²) in [6, 6.07) is 4.58. The summed E-state index contributed by atoms with van der Waals surface area (Å²) in [7, 11) is 0. The minimum atomic E-state index is -1.59. The number of cyclic esters (lactones) is 1. The molecule has 0 aliphatic carbocycles. The van der Waals surface area contributed by atoms with Crippen molar-refractivity contribution in [2.75, 3.05) is 32.8 Å². The van der Waals surface area contributed by atoms with E-state index in [1.54, 1.807) is 30.2 Å². The summed E-state index contributed by atoms with van der Waals surface area (Å²) in [4.78, 5) is 31.8. The van der Waals surface area contributed by atoms with E-state index in [-0.39, 0.29) is 50.6 Å². The number of esters is 1. The van der Waals surface area contributed by atoms with Gasteiger partial charge in [-0.25, -0.2) is 20.0 Å². The van der Waals surface area contributed by atoms with E-state index in [4.69, 9.17) is 21.3 Å². The molecule has 0 spiro atoms. The number of carbonyl (C=O) groups excluding carboxylic acids is 1. The number of hydrogen-bond acceptors (Lipinski definition) is 11. The average Bonchev–Trinajstić information content (AvgIpc) is 3.32. The highest BCUT2D eigenvalue weighted by molar-refractivity contribution is 5.89. The van der Waals surface area contributed by atoms with Gasteiger partial charge in [0.1, 0.15) is 12.4 Å². The second-order valence-electron chi connectivity index (χ2n) is 10.0. The Balaban J connectivity index is 0.00000198. The molecule has 2 aliphatic rings. The molecule has 0 radical (unpaired) electrons. The highest BCUT2D eigenvalue weighted by atomic mass is 19.1. The number of hydrazine groups is 1. The molecule has 226 valence electrons. The zero-order valence-corrected chi connectivity index (χ0v) is 23.9. The largest absolute Gasteiger partial charge is 0.458 e. The summed E-state index contributed by atoms with van der Waals surface area (Å²) in [5, 5.41) is 31.0. The fourth-order valence-electron chi connectivity index (χ4n) is 5.31. The minimum Gasteiger partial charge on any atom is -0.458 e. The summed E-state index contributed by atoms with van der Waals surface area (Å²) in [6.07, 6.45) is -0.0430. The second kappa shape index (κ2) is 13.0. The van der Waals surface area contributed by atoms with Gasteiger partial charge in [-0.15, -0.1) is 0 Å². The van der Waals surface area contributed by atoms with Crippen LogP contribution in [0.25, 0.3) is 22.3 Å². The van der Waals surface area contributed by atoms with Crippen LogP contribution in [-0.4, -0.2) is 73.6 Å². The molecule has 0 saturated heterocycles. The molecule has 0 amide bonds. The highest BCUT2D eigenvalue weighted by Crippen LogP contribution is 2.38. The molecule has 3 aromatic rings. The lowest BCUT2D eigenvalue weighted by atomic mass is 9.97. The molecule has 0 fully saturated rings. The van der Waals surface area contributed by atoms with Gasteiger partial charge in [0.05, 0.1) is 48.8 Å². The fourth-order valence-corrected chi connectivity index (χ4v) is 5.31. The first-order valence-electron chi connectivity index (χ1n) is 13.8. The number of nitrogens with two attached hydrogens (primary N) is 2. The van der Waals surface area contributed by atoms with E-state index in [1.807, 2.05) is 13.8 Å². The van der Waals surface area contributed by atoms with Gasteiger partial charge < -0.3 is 35.4 Å². The van der Waals surface area contributed by atoms with E-state index >= 15 is 0 Å². The van der Waals surface area contributed by atoms with Crippen LogP contribution in [-0.2, 0) is 29.2 Å². The van der Waals surface area contributed by atoms with Crippen LogP contribution in [0.2, 0.25) is 0 Å². The number of nitrogens with zero attached hydrogens (tertiary/aromatic N) is 4. The number of fused-ring (bicyclic) bond motifs is 5. The fraction of sp³-hybridized carbons (Fsp3) is 0.414. The standard InChI is InChI=1S/C27H31FN6O6.C2H6/c1-14-6-16-18(11-33(30)10-15(29)9-32(2-4-35)3-5-36)19-12-34-23(24(19)31-22(16)8-21(14)28)7-17-20(26(34)38)13-40-27(39)25(17)37;1-2/h6-8,10,25,35-37H,2-5,9,11-13,29-30H2,1H3;1-2H3/b15-10-;. The number of pyridine rings is 2. The molecule has 1 unspecified atom stereocenters. The van der Waals surface area contributed by atoms with E-state index in [9.17, 15) is 29.3 Å². The number of benzene rings is 1. The molecule has 1 atom stereocenters. The summed E-state index contributed by atoms with van der Waals surface area (Å²) >= 11 is 0. The van der Waals surface area contributed by atoms with E-state index < -0.39 is 23.4 Å². The lowest BCUT2D eigenvalue weighted by molar-refractivity contribution is -0.157. The smallest absolute Gasteiger partial charge is 0.340 e. The van der Waals surface area contributed by atoms with Crippen LogP contribution in [0.15, 0.2) is 34.9 Å². The quantitative estimate of drug-likeness (QED) is 0.106. The Labute approximate surface area is 242 Å². The maximum absolute atomic E-state index is 14.6. The van der Waals surface area contributed by atoms with Crippen LogP contribution in [0.4, 0.5) is 4.39 Å². The highest BCUT2D eigenvalue weighted by Gasteiger charge is 2.35. The molecular formula is C29H37FN6O6. The number of ether oxygens (including phenoxy) is 1. The van der Waals surface area contributed by atoms with Gasteiger partial charge in [0.15, 0.2) is 6.10 Å². The van der Waals surface area contributed by atoms with Gasteiger partial charge in [-0.05, 0) is 30.2 Å². The van der Waals surface area contributed by atoms with Crippen molar-refractivity contribution in [2.45, 2.75) is 46.6 Å². The van der Waals surface area contributed by atoms with Crippen LogP contribution < -0.4 is 17.1 Å². The Morgan fingerprint density at radius 3 is 2.55 bits per heavy atom. The first-order valence-corrected chi connectivity index (χ1v) is 13.8. The molecule has 7 N–H and O–H groups in total. The van der Waals surface area contributed by atoms with Crippen molar-refractivity contribution in [3.05, 3.63) is 74.1 Å². The number of carbonyl (C=O) groups is 1. The SMILES string of the molecule is CC.Cc1cc2c(CN(N)/C=C(\N)CN(CCO)CCO)c3c(nc2cc1F)-c1cc2c(c(=O)n1C3)COC(=O)C2O. The number of aromatic nitrogens is 2.